The summed E-state index contributed by atoms with van der Waals surface area (Å²) < 4.78 is 5.26. The lowest BCUT2D eigenvalue weighted by atomic mass is 9.99. The maximum absolute atomic E-state index is 13.2. The first kappa shape index (κ1) is 18.7. The lowest BCUT2D eigenvalue weighted by Gasteiger charge is -2.33. The topological polar surface area (TPSA) is 70.6 Å². The summed E-state index contributed by atoms with van der Waals surface area (Å²) in [7, 11) is 1.59. The standard InChI is InChI=1S/C21H27N5O2/c1-21(2)19-17(6-7-18(24-19)28-3)20(27)26(21)16-12-15(13-23-14-16)25-10-4-8-22-9-5-11-25/h6-7,12-14,22H,4-5,8-11H2,1-3H3. The minimum atomic E-state index is -0.582. The van der Waals surface area contributed by atoms with E-state index in [1.165, 1.54) is 0 Å². The summed E-state index contributed by atoms with van der Waals surface area (Å²) in [5, 5.41) is 3.44. The first-order valence-corrected chi connectivity index (χ1v) is 9.83. The van der Waals surface area contributed by atoms with Crippen LogP contribution in [0.15, 0.2) is 30.6 Å². The Morgan fingerprint density at radius 2 is 1.82 bits per heavy atom. The summed E-state index contributed by atoms with van der Waals surface area (Å²) >= 11 is 0. The van der Waals surface area contributed by atoms with Gasteiger partial charge in [-0.1, -0.05) is 0 Å². The van der Waals surface area contributed by atoms with Crippen molar-refractivity contribution in [2.75, 3.05) is 43.1 Å². The molecule has 0 aromatic carbocycles. The summed E-state index contributed by atoms with van der Waals surface area (Å²) in [4.78, 5) is 26.4. The van der Waals surface area contributed by atoms with Crippen molar-refractivity contribution in [2.45, 2.75) is 32.2 Å². The van der Waals surface area contributed by atoms with Gasteiger partial charge in [0.2, 0.25) is 5.88 Å². The van der Waals surface area contributed by atoms with Crippen LogP contribution in [0.4, 0.5) is 11.4 Å². The van der Waals surface area contributed by atoms with Crippen LogP contribution >= 0.6 is 0 Å². The van der Waals surface area contributed by atoms with Gasteiger partial charge in [0.15, 0.2) is 0 Å². The highest BCUT2D eigenvalue weighted by Crippen LogP contribution is 2.42. The Kier molecular flexibility index (Phi) is 4.93. The van der Waals surface area contributed by atoms with E-state index in [2.05, 4.69) is 26.3 Å². The van der Waals surface area contributed by atoms with Gasteiger partial charge in [-0.05, 0) is 51.9 Å². The van der Waals surface area contributed by atoms with Crippen molar-refractivity contribution in [2.24, 2.45) is 0 Å². The predicted octanol–water partition coefficient (Wildman–Crippen LogP) is 2.57. The minimum Gasteiger partial charge on any atom is -0.481 e. The molecule has 1 N–H and O–H groups in total. The van der Waals surface area contributed by atoms with Gasteiger partial charge in [0.05, 0.1) is 47.7 Å². The second-order valence-corrected chi connectivity index (χ2v) is 7.79. The molecule has 0 atom stereocenters. The molecule has 2 aliphatic heterocycles. The van der Waals surface area contributed by atoms with Crippen LogP contribution in [0.3, 0.4) is 0 Å². The lowest BCUT2D eigenvalue weighted by Crippen LogP contribution is -2.40. The smallest absolute Gasteiger partial charge is 0.261 e. The number of aromatic nitrogens is 2. The molecule has 7 nitrogen and oxygen atoms in total. The number of ether oxygens (including phenoxy) is 1. The molecule has 1 amide bonds. The summed E-state index contributed by atoms with van der Waals surface area (Å²) in [5.41, 5.74) is 2.63. The SMILES string of the molecule is COc1ccc2c(n1)C(C)(C)N(c1cncc(N3CCCNCCC3)c1)C2=O. The molecule has 1 fully saturated rings. The Morgan fingerprint density at radius 3 is 2.54 bits per heavy atom. The van der Waals surface area contributed by atoms with Crippen LogP contribution in [0.1, 0.15) is 42.7 Å². The number of hydrogen-bond donors (Lipinski definition) is 1. The van der Waals surface area contributed by atoms with Crippen LogP contribution in [-0.4, -0.2) is 49.2 Å². The average Bonchev–Trinajstić information content (AvgIpc) is 2.87. The highest BCUT2D eigenvalue weighted by atomic mass is 16.5. The largest absolute Gasteiger partial charge is 0.481 e. The van der Waals surface area contributed by atoms with Crippen molar-refractivity contribution in [3.63, 3.8) is 0 Å². The average molecular weight is 381 g/mol. The number of nitrogens with zero attached hydrogens (tertiary/aromatic N) is 4. The van der Waals surface area contributed by atoms with Crippen LogP contribution in [0.5, 0.6) is 5.88 Å². The van der Waals surface area contributed by atoms with Gasteiger partial charge in [-0.2, -0.15) is 0 Å². The third kappa shape index (κ3) is 3.20. The van der Waals surface area contributed by atoms with Gasteiger partial charge in [-0.15, -0.1) is 0 Å². The lowest BCUT2D eigenvalue weighted by molar-refractivity contribution is 0.0982. The highest BCUT2D eigenvalue weighted by molar-refractivity contribution is 6.11. The van der Waals surface area contributed by atoms with E-state index in [0.29, 0.717) is 11.4 Å². The quantitative estimate of drug-likeness (QED) is 0.881. The Bertz CT molecular complexity index is 875. The van der Waals surface area contributed by atoms with Gasteiger partial charge in [-0.3, -0.25) is 14.7 Å². The number of methoxy groups -OCH3 is 1. The highest BCUT2D eigenvalue weighted by Gasteiger charge is 2.45. The second-order valence-electron chi connectivity index (χ2n) is 7.79. The normalized spacial score (nSPS) is 19.2. The molecule has 28 heavy (non-hydrogen) atoms. The second kappa shape index (κ2) is 7.39. The van der Waals surface area contributed by atoms with Crippen molar-refractivity contribution >= 4 is 17.3 Å². The molecule has 1 saturated heterocycles. The van der Waals surface area contributed by atoms with E-state index in [0.717, 1.165) is 56.1 Å². The van der Waals surface area contributed by atoms with Crippen molar-refractivity contribution in [3.8, 4) is 5.88 Å². The number of carbonyl (C=O) groups excluding carboxylic acids is 1. The molecular weight excluding hydrogens is 354 g/mol. The number of hydrogen-bond acceptors (Lipinski definition) is 6. The van der Waals surface area contributed by atoms with E-state index in [1.807, 2.05) is 20.0 Å². The maximum atomic E-state index is 13.2. The molecule has 2 aromatic heterocycles. The third-order valence-electron chi connectivity index (χ3n) is 5.55. The molecule has 2 aliphatic rings. The molecule has 0 unspecified atom stereocenters. The Labute approximate surface area is 165 Å². The predicted molar refractivity (Wildman–Crippen MR) is 109 cm³/mol. The molecule has 2 aromatic rings. The summed E-state index contributed by atoms with van der Waals surface area (Å²) in [6.07, 6.45) is 5.83. The van der Waals surface area contributed by atoms with E-state index in [1.54, 1.807) is 30.3 Å². The van der Waals surface area contributed by atoms with Crippen molar-refractivity contribution < 1.29 is 9.53 Å². The summed E-state index contributed by atoms with van der Waals surface area (Å²) in [6.45, 7) is 8.05. The Morgan fingerprint density at radius 1 is 1.11 bits per heavy atom. The number of amides is 1. The van der Waals surface area contributed by atoms with E-state index in [4.69, 9.17) is 4.74 Å². The monoisotopic (exact) mass is 381 g/mol. The van der Waals surface area contributed by atoms with Crippen LogP contribution in [0.25, 0.3) is 0 Å². The van der Waals surface area contributed by atoms with Crippen molar-refractivity contribution in [1.82, 2.24) is 15.3 Å². The summed E-state index contributed by atoms with van der Waals surface area (Å²) in [5.74, 6) is 0.466. The number of carbonyl (C=O) groups is 1. The van der Waals surface area contributed by atoms with Gasteiger partial charge in [-0.25, -0.2) is 4.98 Å². The van der Waals surface area contributed by atoms with Crippen LogP contribution in [0, 0.1) is 0 Å². The van der Waals surface area contributed by atoms with Crippen LogP contribution < -0.4 is 19.9 Å². The third-order valence-corrected chi connectivity index (χ3v) is 5.55. The van der Waals surface area contributed by atoms with E-state index in [-0.39, 0.29) is 5.91 Å². The first-order chi connectivity index (χ1) is 13.5. The Hall–Kier alpha value is -2.67. The maximum Gasteiger partial charge on any atom is 0.261 e. The molecule has 0 aliphatic carbocycles. The van der Waals surface area contributed by atoms with Crippen LogP contribution in [0.2, 0.25) is 0 Å². The minimum absolute atomic E-state index is 0.0500. The number of pyridine rings is 2. The fourth-order valence-corrected chi connectivity index (χ4v) is 4.11. The van der Waals surface area contributed by atoms with Crippen molar-refractivity contribution in [3.05, 3.63) is 41.9 Å². The first-order valence-electron chi connectivity index (χ1n) is 9.83. The molecule has 0 radical (unpaired) electrons. The van der Waals surface area contributed by atoms with Gasteiger partial charge in [0.25, 0.3) is 5.91 Å². The molecule has 0 bridgehead atoms. The van der Waals surface area contributed by atoms with Gasteiger partial charge >= 0.3 is 0 Å². The molecule has 0 spiro atoms. The molecule has 148 valence electrons. The zero-order chi connectivity index (χ0) is 19.7. The molecule has 0 saturated carbocycles. The van der Waals surface area contributed by atoms with E-state index in [9.17, 15) is 4.79 Å². The molecule has 4 rings (SSSR count). The number of anilines is 2. The fourth-order valence-electron chi connectivity index (χ4n) is 4.11. The molecule has 7 heteroatoms. The molecule has 4 heterocycles. The van der Waals surface area contributed by atoms with Gasteiger partial charge in [0, 0.05) is 19.2 Å². The number of nitrogens with one attached hydrogen (secondary N) is 1. The van der Waals surface area contributed by atoms with E-state index >= 15 is 0 Å². The van der Waals surface area contributed by atoms with Gasteiger partial charge < -0.3 is 15.0 Å². The van der Waals surface area contributed by atoms with Crippen LogP contribution in [-0.2, 0) is 5.54 Å². The summed E-state index contributed by atoms with van der Waals surface area (Å²) in [6, 6.07) is 5.61. The zero-order valence-electron chi connectivity index (χ0n) is 16.7. The van der Waals surface area contributed by atoms with E-state index < -0.39 is 5.54 Å². The van der Waals surface area contributed by atoms with Gasteiger partial charge in [0.1, 0.15) is 0 Å². The Balaban J connectivity index is 1.68. The number of fused-ring (bicyclic) bond motifs is 1. The van der Waals surface area contributed by atoms with Crippen molar-refractivity contribution in [1.29, 1.82) is 0 Å². The molecular formula is C21H27N5O2. The zero-order valence-corrected chi connectivity index (χ0v) is 16.7. The number of rotatable bonds is 3. The fraction of sp³-hybridized carbons (Fsp3) is 0.476.